The normalized spacial score (nSPS) is 22.8. The molecule has 3 rings (SSSR count). The first-order valence-electron chi connectivity index (χ1n) is 8.18. The molecule has 6 heteroatoms. The van der Waals surface area contributed by atoms with Crippen molar-refractivity contribution < 1.29 is 0 Å². The summed E-state index contributed by atoms with van der Waals surface area (Å²) >= 11 is 3.59. The zero-order valence-electron chi connectivity index (χ0n) is 13.4. The summed E-state index contributed by atoms with van der Waals surface area (Å²) in [6, 6.07) is 2.99. The van der Waals surface area contributed by atoms with Gasteiger partial charge in [0.2, 0.25) is 0 Å². The Morgan fingerprint density at radius 2 is 1.86 bits per heavy atom. The Labute approximate surface area is 141 Å². The Hall–Kier alpha value is -0.900. The molecule has 1 aromatic heterocycles. The standard InChI is InChI=1S/C16H24BrN5/c1-12-19-15(16(17)20(12)2)14(11-18)22-9-7-21(8-10-22)13-5-3-4-6-13/h13-14H,3-10H2,1-2H3. The fourth-order valence-electron chi connectivity index (χ4n) is 3.73. The number of piperazine rings is 1. The molecule has 0 bridgehead atoms. The maximum Gasteiger partial charge on any atom is 0.143 e. The van der Waals surface area contributed by atoms with Crippen LogP contribution in [-0.4, -0.2) is 51.6 Å². The van der Waals surface area contributed by atoms with Gasteiger partial charge in [-0.2, -0.15) is 5.26 Å². The van der Waals surface area contributed by atoms with Crippen molar-refractivity contribution in [2.75, 3.05) is 26.2 Å². The van der Waals surface area contributed by atoms with Gasteiger partial charge in [0.05, 0.1) is 6.07 Å². The van der Waals surface area contributed by atoms with E-state index in [1.54, 1.807) is 0 Å². The second-order valence-electron chi connectivity index (χ2n) is 6.44. The van der Waals surface area contributed by atoms with E-state index in [0.717, 1.165) is 48.3 Å². The first kappa shape index (κ1) is 16.0. The van der Waals surface area contributed by atoms with E-state index in [1.165, 1.54) is 25.7 Å². The molecule has 2 heterocycles. The van der Waals surface area contributed by atoms with Gasteiger partial charge in [-0.15, -0.1) is 0 Å². The Morgan fingerprint density at radius 3 is 2.36 bits per heavy atom. The number of halogens is 1. The van der Waals surface area contributed by atoms with Crippen molar-refractivity contribution in [3.05, 3.63) is 16.1 Å². The van der Waals surface area contributed by atoms with Crippen LogP contribution < -0.4 is 0 Å². The van der Waals surface area contributed by atoms with Crippen molar-refractivity contribution in [1.82, 2.24) is 19.4 Å². The van der Waals surface area contributed by atoms with Crippen molar-refractivity contribution in [2.24, 2.45) is 7.05 Å². The molecule has 0 radical (unpaired) electrons. The second kappa shape index (κ2) is 6.69. The predicted molar refractivity (Wildman–Crippen MR) is 89.4 cm³/mol. The van der Waals surface area contributed by atoms with Crippen LogP contribution in [0.15, 0.2) is 4.60 Å². The number of aryl methyl sites for hydroxylation is 1. The highest BCUT2D eigenvalue weighted by molar-refractivity contribution is 9.10. The Bertz CT molecular complexity index is 562. The fourth-order valence-corrected chi connectivity index (χ4v) is 4.29. The van der Waals surface area contributed by atoms with Crippen molar-refractivity contribution >= 4 is 15.9 Å². The average molecular weight is 366 g/mol. The molecule has 0 amide bonds. The first-order chi connectivity index (χ1) is 10.6. The largest absolute Gasteiger partial charge is 0.326 e. The van der Waals surface area contributed by atoms with E-state index in [1.807, 2.05) is 18.5 Å². The minimum Gasteiger partial charge on any atom is -0.326 e. The molecule has 2 aliphatic rings. The molecular formula is C16H24BrN5. The van der Waals surface area contributed by atoms with Gasteiger partial charge in [-0.1, -0.05) is 12.8 Å². The van der Waals surface area contributed by atoms with Gasteiger partial charge in [0.1, 0.15) is 22.2 Å². The molecule has 1 aliphatic carbocycles. The molecule has 120 valence electrons. The zero-order chi connectivity index (χ0) is 15.7. The van der Waals surface area contributed by atoms with Gasteiger partial charge in [-0.05, 0) is 35.7 Å². The molecule has 1 saturated carbocycles. The third-order valence-electron chi connectivity index (χ3n) is 5.21. The lowest BCUT2D eigenvalue weighted by molar-refractivity contribution is 0.0829. The van der Waals surface area contributed by atoms with E-state index in [4.69, 9.17) is 0 Å². The number of imidazole rings is 1. The highest BCUT2D eigenvalue weighted by atomic mass is 79.9. The summed E-state index contributed by atoms with van der Waals surface area (Å²) in [5.74, 6) is 0.937. The van der Waals surface area contributed by atoms with Crippen LogP contribution in [0.25, 0.3) is 0 Å². The third kappa shape index (κ3) is 2.94. The van der Waals surface area contributed by atoms with Gasteiger partial charge in [0.15, 0.2) is 0 Å². The number of nitriles is 1. The van der Waals surface area contributed by atoms with Gasteiger partial charge in [0.25, 0.3) is 0 Å². The van der Waals surface area contributed by atoms with Crippen LogP contribution in [0, 0.1) is 18.3 Å². The Balaban J connectivity index is 1.68. The Kier molecular flexibility index (Phi) is 4.86. The molecule has 1 atom stereocenters. The monoisotopic (exact) mass is 365 g/mol. The van der Waals surface area contributed by atoms with Crippen LogP contribution in [0.4, 0.5) is 0 Å². The third-order valence-corrected chi connectivity index (χ3v) is 6.15. The van der Waals surface area contributed by atoms with Gasteiger partial charge >= 0.3 is 0 Å². The zero-order valence-corrected chi connectivity index (χ0v) is 15.0. The number of rotatable bonds is 3. The number of hydrogen-bond donors (Lipinski definition) is 0. The van der Waals surface area contributed by atoms with Crippen molar-refractivity contribution in [1.29, 1.82) is 5.26 Å². The minimum absolute atomic E-state index is 0.250. The quantitative estimate of drug-likeness (QED) is 0.825. The summed E-state index contributed by atoms with van der Waals surface area (Å²) in [5, 5.41) is 9.66. The molecule has 2 fully saturated rings. The van der Waals surface area contributed by atoms with E-state index in [-0.39, 0.29) is 6.04 Å². The summed E-state index contributed by atoms with van der Waals surface area (Å²) in [6.07, 6.45) is 5.47. The van der Waals surface area contributed by atoms with Crippen LogP contribution in [0.5, 0.6) is 0 Å². The molecule has 1 aromatic rings. The van der Waals surface area contributed by atoms with E-state index in [2.05, 4.69) is 36.8 Å². The maximum atomic E-state index is 9.66. The molecule has 22 heavy (non-hydrogen) atoms. The van der Waals surface area contributed by atoms with Gasteiger partial charge in [-0.3, -0.25) is 9.80 Å². The van der Waals surface area contributed by atoms with Crippen LogP contribution >= 0.6 is 15.9 Å². The maximum absolute atomic E-state index is 9.66. The first-order valence-corrected chi connectivity index (χ1v) is 8.97. The van der Waals surface area contributed by atoms with Crippen LogP contribution in [0.3, 0.4) is 0 Å². The van der Waals surface area contributed by atoms with Crippen molar-refractivity contribution in [3.8, 4) is 6.07 Å². The van der Waals surface area contributed by atoms with E-state index >= 15 is 0 Å². The Morgan fingerprint density at radius 1 is 1.23 bits per heavy atom. The molecule has 5 nitrogen and oxygen atoms in total. The molecule has 0 N–H and O–H groups in total. The lowest BCUT2D eigenvalue weighted by atomic mass is 10.1. The smallest absolute Gasteiger partial charge is 0.143 e. The molecule has 1 saturated heterocycles. The number of nitrogens with zero attached hydrogens (tertiary/aromatic N) is 5. The highest BCUT2D eigenvalue weighted by Crippen LogP contribution is 2.30. The molecule has 1 unspecified atom stereocenters. The second-order valence-corrected chi connectivity index (χ2v) is 7.19. The molecule has 0 spiro atoms. The summed E-state index contributed by atoms with van der Waals surface area (Å²) in [5.41, 5.74) is 0.858. The van der Waals surface area contributed by atoms with Gasteiger partial charge in [0, 0.05) is 39.3 Å². The lowest BCUT2D eigenvalue weighted by Gasteiger charge is -2.39. The molecule has 1 aliphatic heterocycles. The molecule has 0 aromatic carbocycles. The molecular weight excluding hydrogens is 342 g/mol. The van der Waals surface area contributed by atoms with Gasteiger partial charge in [-0.25, -0.2) is 4.98 Å². The fraction of sp³-hybridized carbons (Fsp3) is 0.750. The number of hydrogen-bond acceptors (Lipinski definition) is 4. The van der Waals surface area contributed by atoms with Crippen LogP contribution in [0.1, 0.15) is 43.2 Å². The van der Waals surface area contributed by atoms with Crippen LogP contribution in [-0.2, 0) is 7.05 Å². The summed E-state index contributed by atoms with van der Waals surface area (Å²) < 4.78 is 2.92. The lowest BCUT2D eigenvalue weighted by Crippen LogP contribution is -2.50. The number of aromatic nitrogens is 2. The van der Waals surface area contributed by atoms with Crippen molar-refractivity contribution in [3.63, 3.8) is 0 Å². The summed E-state index contributed by atoms with van der Waals surface area (Å²) in [4.78, 5) is 9.49. The van der Waals surface area contributed by atoms with E-state index in [9.17, 15) is 5.26 Å². The summed E-state index contributed by atoms with van der Waals surface area (Å²) in [7, 11) is 1.97. The van der Waals surface area contributed by atoms with Crippen molar-refractivity contribution in [2.45, 2.75) is 44.7 Å². The van der Waals surface area contributed by atoms with Gasteiger partial charge < -0.3 is 4.57 Å². The average Bonchev–Trinajstić information content (AvgIpc) is 3.15. The predicted octanol–water partition coefficient (Wildman–Crippen LogP) is 2.62. The minimum atomic E-state index is -0.250. The van der Waals surface area contributed by atoms with E-state index in [0.29, 0.717) is 0 Å². The highest BCUT2D eigenvalue weighted by Gasteiger charge is 2.31. The SMILES string of the molecule is Cc1nc(C(C#N)N2CCN(C3CCCC3)CC2)c(Br)n1C. The summed E-state index contributed by atoms with van der Waals surface area (Å²) in [6.45, 7) is 6.03. The topological polar surface area (TPSA) is 48.1 Å². The van der Waals surface area contributed by atoms with E-state index < -0.39 is 0 Å². The van der Waals surface area contributed by atoms with Crippen LogP contribution in [0.2, 0.25) is 0 Å².